The molecule has 0 spiro atoms. The molecule has 0 saturated carbocycles. The van der Waals surface area contributed by atoms with Crippen LogP contribution in [0.15, 0.2) is 9.98 Å². The molecule has 1 radical (unpaired) electrons. The van der Waals surface area contributed by atoms with Gasteiger partial charge in [-0.15, -0.1) is 0 Å². The van der Waals surface area contributed by atoms with Crippen LogP contribution in [-0.2, 0) is 26.5 Å². The summed E-state index contributed by atoms with van der Waals surface area (Å²) >= 11 is 0. The van der Waals surface area contributed by atoms with Crippen LogP contribution in [-0.4, -0.2) is 37.1 Å². The maximum Gasteiger partial charge on any atom is 0.199 e. The van der Waals surface area contributed by atoms with Gasteiger partial charge in [0.05, 0.1) is 12.1 Å². The summed E-state index contributed by atoms with van der Waals surface area (Å²) in [5.41, 5.74) is -0.158. The summed E-state index contributed by atoms with van der Waals surface area (Å²) in [6.07, 6.45) is 0. The first kappa shape index (κ1) is 19.5. The molecule has 0 N–H and O–H groups in total. The third-order valence-corrected chi connectivity index (χ3v) is 4.37. The minimum atomic E-state index is -0.389. The molecule has 131 valence electrons. The van der Waals surface area contributed by atoms with Crippen molar-refractivity contribution in [2.24, 2.45) is 26.2 Å². The normalized spacial score (nSPS) is 25.8. The van der Waals surface area contributed by atoms with Crippen LogP contribution in [0, 0.1) is 16.2 Å². The van der Waals surface area contributed by atoms with E-state index in [2.05, 4.69) is 55.4 Å². The van der Waals surface area contributed by atoms with Crippen LogP contribution in [0.3, 0.4) is 0 Å². The molecule has 0 aromatic heterocycles. The molecular formula is C17H30CuN2O2. The molecule has 0 aliphatic carbocycles. The van der Waals surface area contributed by atoms with E-state index in [1.807, 2.05) is 0 Å². The third kappa shape index (κ3) is 3.86. The van der Waals surface area contributed by atoms with E-state index in [-0.39, 0.29) is 45.4 Å². The fourth-order valence-corrected chi connectivity index (χ4v) is 2.41. The van der Waals surface area contributed by atoms with Gasteiger partial charge in [-0.1, -0.05) is 41.5 Å². The average molecular weight is 358 g/mol. The minimum Gasteiger partial charge on any atom is -0.478 e. The third-order valence-electron chi connectivity index (χ3n) is 4.37. The van der Waals surface area contributed by atoms with Crippen LogP contribution < -0.4 is 0 Å². The molecule has 5 heteroatoms. The van der Waals surface area contributed by atoms with Gasteiger partial charge in [-0.2, -0.15) is 0 Å². The number of hydrogen-bond acceptors (Lipinski definition) is 4. The molecule has 2 heterocycles. The van der Waals surface area contributed by atoms with Crippen molar-refractivity contribution in [1.29, 1.82) is 0 Å². The van der Waals surface area contributed by atoms with Crippen molar-refractivity contribution in [3.63, 3.8) is 0 Å². The Morgan fingerprint density at radius 3 is 1.27 bits per heavy atom. The summed E-state index contributed by atoms with van der Waals surface area (Å²) in [6, 6.07) is 0.402. The number of aliphatic imine (C=N–C) groups is 2. The molecular weight excluding hydrogens is 328 g/mol. The van der Waals surface area contributed by atoms with Gasteiger partial charge in [0.15, 0.2) is 11.8 Å². The molecule has 0 amide bonds. The van der Waals surface area contributed by atoms with E-state index in [0.29, 0.717) is 13.2 Å². The summed E-state index contributed by atoms with van der Waals surface area (Å²) in [6.45, 7) is 18.6. The summed E-state index contributed by atoms with van der Waals surface area (Å²) in [5.74, 6) is 1.52. The van der Waals surface area contributed by atoms with Gasteiger partial charge in [-0.05, 0) is 24.7 Å². The van der Waals surface area contributed by atoms with Gasteiger partial charge in [0.1, 0.15) is 18.6 Å². The van der Waals surface area contributed by atoms with E-state index < -0.39 is 0 Å². The van der Waals surface area contributed by atoms with Crippen molar-refractivity contribution in [1.82, 2.24) is 0 Å². The van der Waals surface area contributed by atoms with Crippen LogP contribution in [0.4, 0.5) is 0 Å². The Bertz CT molecular complexity index is 428. The van der Waals surface area contributed by atoms with E-state index in [1.54, 1.807) is 0 Å². The molecule has 0 unspecified atom stereocenters. The van der Waals surface area contributed by atoms with Gasteiger partial charge in [0.2, 0.25) is 0 Å². The molecule has 2 aliphatic rings. The molecule has 0 aromatic carbocycles. The predicted molar refractivity (Wildman–Crippen MR) is 87.0 cm³/mol. The Morgan fingerprint density at radius 2 is 1.05 bits per heavy atom. The summed E-state index contributed by atoms with van der Waals surface area (Å²) in [4.78, 5) is 9.59. The van der Waals surface area contributed by atoms with E-state index in [0.717, 1.165) is 11.8 Å². The second-order valence-electron chi connectivity index (χ2n) is 8.88. The zero-order valence-electron chi connectivity index (χ0n) is 15.1. The van der Waals surface area contributed by atoms with E-state index in [4.69, 9.17) is 19.5 Å². The molecule has 22 heavy (non-hydrogen) atoms. The molecule has 4 nitrogen and oxygen atoms in total. The first-order valence-corrected chi connectivity index (χ1v) is 7.84. The second-order valence-corrected chi connectivity index (χ2v) is 8.88. The summed E-state index contributed by atoms with van der Waals surface area (Å²) in [5, 5.41) is 0. The van der Waals surface area contributed by atoms with Crippen LogP contribution >= 0.6 is 0 Å². The van der Waals surface area contributed by atoms with Crippen LogP contribution in [0.2, 0.25) is 0 Å². The van der Waals surface area contributed by atoms with Crippen molar-refractivity contribution in [2.75, 3.05) is 13.2 Å². The fraction of sp³-hybridized carbons (Fsp3) is 0.882. The largest absolute Gasteiger partial charge is 0.478 e. The van der Waals surface area contributed by atoms with Gasteiger partial charge in [0, 0.05) is 17.1 Å². The number of hydrogen-bond donors (Lipinski definition) is 0. The van der Waals surface area contributed by atoms with E-state index in [9.17, 15) is 0 Å². The molecule has 2 atom stereocenters. The maximum atomic E-state index is 5.88. The van der Waals surface area contributed by atoms with Crippen LogP contribution in [0.5, 0.6) is 0 Å². The van der Waals surface area contributed by atoms with Crippen LogP contribution in [0.25, 0.3) is 0 Å². The van der Waals surface area contributed by atoms with Gasteiger partial charge in [0.25, 0.3) is 0 Å². The molecule has 2 aliphatic heterocycles. The molecule has 0 bridgehead atoms. The quantitative estimate of drug-likeness (QED) is 0.707. The Labute approximate surface area is 145 Å². The van der Waals surface area contributed by atoms with Gasteiger partial charge < -0.3 is 9.47 Å². The smallest absolute Gasteiger partial charge is 0.199 e. The number of ether oxygens (including phenoxy) is 2. The Morgan fingerprint density at radius 1 is 0.727 bits per heavy atom. The van der Waals surface area contributed by atoms with Crippen LogP contribution in [0.1, 0.15) is 55.4 Å². The molecule has 0 fully saturated rings. The van der Waals surface area contributed by atoms with Crippen molar-refractivity contribution >= 4 is 11.8 Å². The van der Waals surface area contributed by atoms with Gasteiger partial charge >= 0.3 is 0 Å². The first-order chi connectivity index (χ1) is 9.42. The van der Waals surface area contributed by atoms with Gasteiger partial charge in [-0.3, -0.25) is 0 Å². The summed E-state index contributed by atoms with van der Waals surface area (Å²) in [7, 11) is 0. The fourth-order valence-electron chi connectivity index (χ4n) is 2.41. The van der Waals surface area contributed by atoms with E-state index >= 15 is 0 Å². The van der Waals surface area contributed by atoms with Gasteiger partial charge in [-0.25, -0.2) is 9.98 Å². The van der Waals surface area contributed by atoms with Crippen molar-refractivity contribution in [2.45, 2.75) is 67.5 Å². The Kier molecular flexibility index (Phi) is 5.46. The van der Waals surface area contributed by atoms with Crippen molar-refractivity contribution in [3.05, 3.63) is 0 Å². The number of rotatable bonds is 2. The standard InChI is InChI=1S/C17H30N2O2.Cu/c1-15(2,3)11-9-20-13(18-11)17(7,8)14-19-12(10-21-14)16(4,5)6;/h11-12H,9-10H2,1-8H3;/t11-,12-;/m0./s1. The first-order valence-electron chi connectivity index (χ1n) is 7.84. The second kappa shape index (κ2) is 6.16. The minimum absolute atomic E-state index is 0. The number of nitrogens with zero attached hydrogens (tertiary/aromatic N) is 2. The zero-order chi connectivity index (χ0) is 16.1. The van der Waals surface area contributed by atoms with E-state index in [1.165, 1.54) is 0 Å². The predicted octanol–water partition coefficient (Wildman–Crippen LogP) is 3.70. The van der Waals surface area contributed by atoms with Crippen molar-refractivity contribution in [3.8, 4) is 0 Å². The monoisotopic (exact) mass is 357 g/mol. The molecule has 0 aromatic rings. The van der Waals surface area contributed by atoms with Crippen molar-refractivity contribution < 1.29 is 26.5 Å². The Hall–Kier alpha value is -0.541. The topological polar surface area (TPSA) is 43.2 Å². The SMILES string of the molecule is CC(C)(C1=N[C@H](C(C)(C)C)CO1)C1=N[C@H](C(C)(C)C)CO1.[Cu]. The summed E-state index contributed by atoms with van der Waals surface area (Å²) < 4.78 is 11.8. The maximum absolute atomic E-state index is 5.88. The molecule has 2 rings (SSSR count). The average Bonchev–Trinajstić information content (AvgIpc) is 2.97. The Balaban J connectivity index is 0.00000242. The molecule has 0 saturated heterocycles. The zero-order valence-corrected chi connectivity index (χ0v) is 16.0.